The molecule has 7 heteroatoms. The van der Waals surface area contributed by atoms with Crippen LogP contribution in [0.4, 0.5) is 22.0 Å². The van der Waals surface area contributed by atoms with Crippen molar-refractivity contribution >= 4 is 0 Å². The van der Waals surface area contributed by atoms with Gasteiger partial charge in [-0.2, -0.15) is 13.2 Å². The Morgan fingerprint density at radius 3 is 2.27 bits per heavy atom. The molecule has 0 aliphatic carbocycles. The van der Waals surface area contributed by atoms with Gasteiger partial charge in [0.05, 0.1) is 12.2 Å². The molecule has 0 saturated carbocycles. The highest BCUT2D eigenvalue weighted by molar-refractivity contribution is 5.34. The summed E-state index contributed by atoms with van der Waals surface area (Å²) in [6.07, 6.45) is -6.86. The third-order valence-corrected chi connectivity index (χ3v) is 1.79. The van der Waals surface area contributed by atoms with E-state index >= 15 is 0 Å². The molecule has 84 valence electrons. The number of aliphatic hydroxyl groups excluding tert-OH is 1. The van der Waals surface area contributed by atoms with E-state index in [0.717, 1.165) is 0 Å². The van der Waals surface area contributed by atoms with Crippen molar-refractivity contribution in [2.75, 3.05) is 0 Å². The van der Waals surface area contributed by atoms with Crippen molar-refractivity contribution in [3.63, 3.8) is 0 Å². The first-order valence-corrected chi connectivity index (χ1v) is 3.81. The number of hydrogen-bond acceptors (Lipinski definition) is 2. The molecule has 0 saturated heterocycles. The zero-order valence-electron chi connectivity index (χ0n) is 7.22. The lowest BCUT2D eigenvalue weighted by molar-refractivity contribution is -0.139. The van der Waals surface area contributed by atoms with Crippen LogP contribution in [0.25, 0.3) is 0 Å². The van der Waals surface area contributed by atoms with Crippen LogP contribution in [0.15, 0.2) is 12.4 Å². The summed E-state index contributed by atoms with van der Waals surface area (Å²) in [6, 6.07) is 0. The van der Waals surface area contributed by atoms with Crippen LogP contribution in [0, 0.1) is 0 Å². The van der Waals surface area contributed by atoms with Crippen LogP contribution in [0.5, 0.6) is 0 Å². The van der Waals surface area contributed by atoms with E-state index in [0.29, 0.717) is 12.4 Å². The molecule has 1 aromatic rings. The minimum Gasteiger partial charge on any atom is -0.392 e. The van der Waals surface area contributed by atoms with Crippen molar-refractivity contribution in [2.45, 2.75) is 19.2 Å². The molecule has 0 atom stereocenters. The van der Waals surface area contributed by atoms with Gasteiger partial charge in [-0.1, -0.05) is 0 Å². The Bertz CT molecular complexity index is 349. The number of aliphatic hydroxyl groups is 1. The van der Waals surface area contributed by atoms with Gasteiger partial charge in [0.25, 0.3) is 6.43 Å². The number of aromatic nitrogens is 1. The monoisotopic (exact) mass is 227 g/mol. The minimum absolute atomic E-state index is 0.414. The third-order valence-electron chi connectivity index (χ3n) is 1.79. The number of hydrogen-bond donors (Lipinski definition) is 1. The molecular weight excluding hydrogens is 221 g/mol. The summed E-state index contributed by atoms with van der Waals surface area (Å²) in [5.41, 5.74) is -3.05. The van der Waals surface area contributed by atoms with Gasteiger partial charge in [0.2, 0.25) is 0 Å². The van der Waals surface area contributed by atoms with E-state index in [1.54, 1.807) is 0 Å². The molecule has 0 aliphatic rings. The molecule has 0 amide bonds. The Labute approximate surface area is 81.4 Å². The van der Waals surface area contributed by atoms with Crippen LogP contribution in [0.3, 0.4) is 0 Å². The van der Waals surface area contributed by atoms with Gasteiger partial charge in [0, 0.05) is 23.5 Å². The Hall–Kier alpha value is -1.24. The number of rotatable bonds is 2. The van der Waals surface area contributed by atoms with Crippen LogP contribution >= 0.6 is 0 Å². The van der Waals surface area contributed by atoms with Crippen LogP contribution in [-0.2, 0) is 12.8 Å². The Morgan fingerprint density at radius 2 is 1.87 bits per heavy atom. The molecule has 0 spiro atoms. The van der Waals surface area contributed by atoms with Gasteiger partial charge in [0.1, 0.15) is 0 Å². The highest BCUT2D eigenvalue weighted by atomic mass is 19.4. The molecule has 0 unspecified atom stereocenters. The first kappa shape index (κ1) is 11.8. The molecule has 1 rings (SSSR count). The van der Waals surface area contributed by atoms with Gasteiger partial charge >= 0.3 is 6.18 Å². The van der Waals surface area contributed by atoms with E-state index in [9.17, 15) is 22.0 Å². The molecule has 0 radical (unpaired) electrons. The Balaban J connectivity index is 3.35. The second-order valence-corrected chi connectivity index (χ2v) is 2.71. The van der Waals surface area contributed by atoms with Gasteiger partial charge in [-0.05, 0) is 0 Å². The van der Waals surface area contributed by atoms with Gasteiger partial charge in [0.15, 0.2) is 0 Å². The molecule has 0 fully saturated rings. The number of alkyl halides is 5. The zero-order valence-corrected chi connectivity index (χ0v) is 7.22. The number of pyridine rings is 1. The fourth-order valence-corrected chi connectivity index (χ4v) is 1.11. The van der Waals surface area contributed by atoms with Crippen molar-refractivity contribution in [3.05, 3.63) is 29.1 Å². The van der Waals surface area contributed by atoms with Crippen molar-refractivity contribution < 1.29 is 27.1 Å². The molecular formula is C8H6F5NO. The molecule has 15 heavy (non-hydrogen) atoms. The summed E-state index contributed by atoms with van der Waals surface area (Å²) in [5, 5.41) is 8.65. The molecule has 1 aromatic heterocycles. The SMILES string of the molecule is OCc1c(C(F)F)cncc1C(F)(F)F. The topological polar surface area (TPSA) is 33.1 Å². The first-order valence-electron chi connectivity index (χ1n) is 3.81. The highest BCUT2D eigenvalue weighted by Crippen LogP contribution is 2.35. The summed E-state index contributed by atoms with van der Waals surface area (Å²) >= 11 is 0. The normalized spacial score (nSPS) is 12.2. The van der Waals surface area contributed by atoms with Gasteiger partial charge < -0.3 is 5.11 Å². The summed E-state index contributed by atoms with van der Waals surface area (Å²) in [5.74, 6) is 0. The maximum absolute atomic E-state index is 12.3. The van der Waals surface area contributed by atoms with Crippen LogP contribution in [0.2, 0.25) is 0 Å². The number of nitrogens with zero attached hydrogens (tertiary/aromatic N) is 1. The lowest BCUT2D eigenvalue weighted by Gasteiger charge is -2.13. The van der Waals surface area contributed by atoms with Crippen LogP contribution in [0.1, 0.15) is 23.1 Å². The van der Waals surface area contributed by atoms with Gasteiger partial charge in [-0.15, -0.1) is 0 Å². The van der Waals surface area contributed by atoms with E-state index in [4.69, 9.17) is 5.11 Å². The average Bonchev–Trinajstić information content (AvgIpc) is 2.15. The lowest BCUT2D eigenvalue weighted by atomic mass is 10.1. The maximum Gasteiger partial charge on any atom is 0.418 e. The van der Waals surface area contributed by atoms with E-state index in [1.807, 2.05) is 0 Å². The quantitative estimate of drug-likeness (QED) is 0.787. The van der Waals surface area contributed by atoms with E-state index < -0.39 is 35.9 Å². The van der Waals surface area contributed by atoms with Crippen LogP contribution < -0.4 is 0 Å². The van der Waals surface area contributed by atoms with Gasteiger partial charge in [-0.3, -0.25) is 4.98 Å². The van der Waals surface area contributed by atoms with Crippen LogP contribution in [-0.4, -0.2) is 10.1 Å². The standard InChI is InChI=1S/C8H6F5NO/c9-7(10)4-1-14-2-6(5(4)3-15)8(11,12)13/h1-2,7,15H,3H2. The largest absolute Gasteiger partial charge is 0.418 e. The second-order valence-electron chi connectivity index (χ2n) is 2.71. The predicted molar refractivity (Wildman–Crippen MR) is 40.1 cm³/mol. The van der Waals surface area contributed by atoms with E-state index in [-0.39, 0.29) is 0 Å². The van der Waals surface area contributed by atoms with Crippen molar-refractivity contribution in [1.29, 1.82) is 0 Å². The van der Waals surface area contributed by atoms with E-state index in [2.05, 4.69) is 4.98 Å². The minimum atomic E-state index is -4.80. The maximum atomic E-state index is 12.3. The molecule has 0 aliphatic heterocycles. The summed E-state index contributed by atoms with van der Waals surface area (Å²) < 4.78 is 61.4. The Kier molecular flexibility index (Phi) is 3.23. The number of halogens is 5. The van der Waals surface area contributed by atoms with Crippen molar-refractivity contribution in [1.82, 2.24) is 4.98 Å². The molecule has 1 heterocycles. The second kappa shape index (κ2) is 4.09. The van der Waals surface area contributed by atoms with E-state index in [1.165, 1.54) is 0 Å². The highest BCUT2D eigenvalue weighted by Gasteiger charge is 2.35. The third kappa shape index (κ3) is 2.41. The summed E-state index contributed by atoms with van der Waals surface area (Å²) in [6.45, 7) is -1.10. The first-order chi connectivity index (χ1) is 6.88. The average molecular weight is 227 g/mol. The fourth-order valence-electron chi connectivity index (χ4n) is 1.11. The molecule has 0 aromatic carbocycles. The van der Waals surface area contributed by atoms with Crippen molar-refractivity contribution in [2.24, 2.45) is 0 Å². The summed E-state index contributed by atoms with van der Waals surface area (Å²) in [7, 11) is 0. The lowest BCUT2D eigenvalue weighted by Crippen LogP contribution is -2.12. The fraction of sp³-hybridized carbons (Fsp3) is 0.375. The van der Waals surface area contributed by atoms with Gasteiger partial charge in [-0.25, -0.2) is 8.78 Å². The molecule has 1 N–H and O–H groups in total. The molecule has 0 bridgehead atoms. The molecule has 2 nitrogen and oxygen atoms in total. The van der Waals surface area contributed by atoms with Crippen molar-refractivity contribution in [3.8, 4) is 0 Å². The smallest absolute Gasteiger partial charge is 0.392 e. The predicted octanol–water partition coefficient (Wildman–Crippen LogP) is 2.53. The zero-order chi connectivity index (χ0) is 11.6. The summed E-state index contributed by atoms with van der Waals surface area (Å²) in [4.78, 5) is 3.07. The Morgan fingerprint density at radius 1 is 1.27 bits per heavy atom.